The van der Waals surface area contributed by atoms with Gasteiger partial charge in [0.25, 0.3) is 10.2 Å². The molecule has 0 bridgehead atoms. The van der Waals surface area contributed by atoms with Crippen LogP contribution in [0.5, 0.6) is 0 Å². The Labute approximate surface area is 159 Å². The van der Waals surface area contributed by atoms with E-state index < -0.39 is 22.3 Å². The molecule has 146 valence electrons. The third kappa shape index (κ3) is 4.37. The van der Waals surface area contributed by atoms with Gasteiger partial charge in [-0.1, -0.05) is 30.3 Å². The number of aromatic nitrogens is 2. The average Bonchev–Trinajstić information content (AvgIpc) is 2.96. The highest BCUT2D eigenvalue weighted by molar-refractivity contribution is 7.87. The molecule has 27 heavy (non-hydrogen) atoms. The molecule has 0 saturated carbocycles. The minimum atomic E-state index is -3.75. The summed E-state index contributed by atoms with van der Waals surface area (Å²) in [6, 6.07) is 8.58. The molecule has 3 rings (SSSR count). The monoisotopic (exact) mass is 391 g/mol. The zero-order chi connectivity index (χ0) is 19.6. The molecule has 1 aromatic carbocycles. The van der Waals surface area contributed by atoms with Crippen molar-refractivity contribution < 1.29 is 13.2 Å². The van der Waals surface area contributed by atoms with Crippen LogP contribution < -0.4 is 10.0 Å². The van der Waals surface area contributed by atoms with Gasteiger partial charge in [-0.2, -0.15) is 22.5 Å². The van der Waals surface area contributed by atoms with Gasteiger partial charge < -0.3 is 5.32 Å². The Balaban J connectivity index is 1.70. The first-order chi connectivity index (χ1) is 12.8. The first kappa shape index (κ1) is 19.5. The maximum Gasteiger partial charge on any atom is 0.280 e. The number of hydrogen-bond acceptors (Lipinski definition) is 4. The number of carbonyl (C=O) groups is 1. The van der Waals surface area contributed by atoms with Gasteiger partial charge in [0.1, 0.15) is 6.04 Å². The average molecular weight is 391 g/mol. The van der Waals surface area contributed by atoms with E-state index in [1.54, 1.807) is 17.9 Å². The van der Waals surface area contributed by atoms with Gasteiger partial charge in [-0.05, 0) is 25.3 Å². The topological polar surface area (TPSA) is 96.3 Å². The van der Waals surface area contributed by atoms with Crippen LogP contribution in [0, 0.1) is 6.92 Å². The molecule has 0 unspecified atom stereocenters. The van der Waals surface area contributed by atoms with Gasteiger partial charge in [0.05, 0.1) is 11.7 Å². The molecule has 0 aliphatic carbocycles. The van der Waals surface area contributed by atoms with Crippen molar-refractivity contribution in [3.63, 3.8) is 0 Å². The van der Waals surface area contributed by atoms with Crippen molar-refractivity contribution in [1.29, 1.82) is 0 Å². The van der Waals surface area contributed by atoms with Crippen LogP contribution in [0.25, 0.3) is 0 Å². The zero-order valence-corrected chi connectivity index (χ0v) is 16.5. The molecule has 0 spiro atoms. The van der Waals surface area contributed by atoms with Crippen LogP contribution in [0.4, 0.5) is 0 Å². The lowest BCUT2D eigenvalue weighted by atomic mass is 10.00. The summed E-state index contributed by atoms with van der Waals surface area (Å²) in [4.78, 5) is 12.7. The minimum absolute atomic E-state index is 0.287. The van der Waals surface area contributed by atoms with E-state index in [1.807, 2.05) is 37.3 Å². The predicted octanol–water partition coefficient (Wildman–Crippen LogP) is 0.667. The Hall–Kier alpha value is -2.23. The fourth-order valence-corrected chi connectivity index (χ4v) is 4.63. The Bertz CT molecular complexity index is 910. The number of nitrogens with zero attached hydrogens (tertiary/aromatic N) is 3. The van der Waals surface area contributed by atoms with E-state index >= 15 is 0 Å². The number of aryl methyl sites for hydroxylation is 2. The van der Waals surface area contributed by atoms with Crippen molar-refractivity contribution in [3.8, 4) is 0 Å². The van der Waals surface area contributed by atoms with Gasteiger partial charge in [0.2, 0.25) is 5.91 Å². The molecule has 1 saturated heterocycles. The Morgan fingerprint density at radius 2 is 2.00 bits per heavy atom. The molecule has 2 heterocycles. The largest absolute Gasteiger partial charge is 0.354 e. The molecule has 2 N–H and O–H groups in total. The number of likely N-dealkylation sites (N-methyl/N-ethyl adjacent to an activating group) is 1. The summed E-state index contributed by atoms with van der Waals surface area (Å²) < 4.78 is 30.4. The maximum absolute atomic E-state index is 12.7. The molecule has 1 aliphatic heterocycles. The number of nitrogens with one attached hydrogen (secondary N) is 2. The van der Waals surface area contributed by atoms with Gasteiger partial charge in [-0.3, -0.25) is 9.48 Å². The van der Waals surface area contributed by atoms with Crippen LogP contribution in [0.3, 0.4) is 0 Å². The normalized spacial score (nSPS) is 22.5. The van der Waals surface area contributed by atoms with Gasteiger partial charge in [-0.15, -0.1) is 0 Å². The maximum atomic E-state index is 12.7. The lowest BCUT2D eigenvalue weighted by Gasteiger charge is -2.36. The van der Waals surface area contributed by atoms with Crippen LogP contribution in [0.15, 0.2) is 36.5 Å². The molecule has 1 aliphatic rings. The quantitative estimate of drug-likeness (QED) is 0.783. The molecule has 8 nitrogen and oxygen atoms in total. The van der Waals surface area contributed by atoms with Crippen LogP contribution in [0.1, 0.15) is 29.3 Å². The van der Waals surface area contributed by atoms with Gasteiger partial charge >= 0.3 is 0 Å². The summed E-state index contributed by atoms with van der Waals surface area (Å²) in [5.74, 6) is -0.287. The second-order valence-corrected chi connectivity index (χ2v) is 8.58. The summed E-state index contributed by atoms with van der Waals surface area (Å²) in [6.45, 7) is 2.29. The number of rotatable bonds is 5. The fourth-order valence-electron chi connectivity index (χ4n) is 3.37. The number of hydrogen-bond donors (Lipinski definition) is 2. The molecule has 1 aromatic heterocycles. The second kappa shape index (κ2) is 7.79. The van der Waals surface area contributed by atoms with E-state index in [4.69, 9.17) is 0 Å². The SMILES string of the molecule is Cc1nn(C)cc1[C@H]1C[C@H](C(=O)NCCc2ccccc2)N(C)S(=O)(=O)N1. The summed E-state index contributed by atoms with van der Waals surface area (Å²) >= 11 is 0. The van der Waals surface area contributed by atoms with Crippen molar-refractivity contribution >= 4 is 16.1 Å². The highest BCUT2D eigenvalue weighted by Crippen LogP contribution is 2.29. The fraction of sp³-hybridized carbons (Fsp3) is 0.444. The predicted molar refractivity (Wildman–Crippen MR) is 102 cm³/mol. The molecule has 9 heteroatoms. The third-order valence-corrected chi connectivity index (χ3v) is 6.45. The van der Waals surface area contributed by atoms with Crippen LogP contribution in [-0.4, -0.2) is 48.0 Å². The highest BCUT2D eigenvalue weighted by atomic mass is 32.2. The van der Waals surface area contributed by atoms with Crippen molar-refractivity contribution in [2.75, 3.05) is 13.6 Å². The first-order valence-electron chi connectivity index (χ1n) is 8.85. The first-order valence-corrected chi connectivity index (χ1v) is 10.3. The zero-order valence-electron chi connectivity index (χ0n) is 15.7. The van der Waals surface area contributed by atoms with Gasteiger partial charge in [0, 0.05) is 32.4 Å². The summed E-state index contributed by atoms with van der Waals surface area (Å²) in [5, 5.41) is 7.14. The summed E-state index contributed by atoms with van der Waals surface area (Å²) in [6.07, 6.45) is 2.83. The van der Waals surface area contributed by atoms with E-state index in [0.717, 1.165) is 21.1 Å². The number of benzene rings is 1. The molecule has 1 amide bonds. The molecular weight excluding hydrogens is 366 g/mol. The van der Waals surface area contributed by atoms with Crippen LogP contribution in [-0.2, 0) is 28.5 Å². The molecule has 2 atom stereocenters. The van der Waals surface area contributed by atoms with E-state index in [-0.39, 0.29) is 5.91 Å². The minimum Gasteiger partial charge on any atom is -0.354 e. The van der Waals surface area contributed by atoms with E-state index in [0.29, 0.717) is 19.4 Å². The van der Waals surface area contributed by atoms with Crippen molar-refractivity contribution in [1.82, 2.24) is 24.1 Å². The Morgan fingerprint density at radius 3 is 2.63 bits per heavy atom. The standard InChI is InChI=1S/C18H25N5O3S/c1-13-15(12-22(2)20-13)16-11-17(23(3)27(25,26)21-16)18(24)19-10-9-14-7-5-4-6-8-14/h4-8,12,16-17,21H,9-11H2,1-3H3,(H,19,24)/t16-,17-/m1/s1. The lowest BCUT2D eigenvalue weighted by molar-refractivity contribution is -0.125. The second-order valence-electron chi connectivity index (χ2n) is 6.81. The molecular formula is C18H25N5O3S. The highest BCUT2D eigenvalue weighted by Gasteiger charge is 2.41. The van der Waals surface area contributed by atoms with E-state index in [2.05, 4.69) is 15.1 Å². The molecule has 1 fully saturated rings. The van der Waals surface area contributed by atoms with Crippen molar-refractivity contribution in [2.45, 2.75) is 31.8 Å². The summed E-state index contributed by atoms with van der Waals surface area (Å²) in [5.41, 5.74) is 2.65. The van der Waals surface area contributed by atoms with E-state index in [1.165, 1.54) is 7.05 Å². The molecule has 2 aromatic rings. The third-order valence-electron chi connectivity index (χ3n) is 4.85. The number of carbonyl (C=O) groups excluding carboxylic acids is 1. The summed E-state index contributed by atoms with van der Waals surface area (Å²) in [7, 11) is -0.540. The van der Waals surface area contributed by atoms with Crippen molar-refractivity contribution in [2.24, 2.45) is 7.05 Å². The van der Waals surface area contributed by atoms with Crippen LogP contribution >= 0.6 is 0 Å². The molecule has 0 radical (unpaired) electrons. The van der Waals surface area contributed by atoms with Crippen LogP contribution in [0.2, 0.25) is 0 Å². The lowest BCUT2D eigenvalue weighted by Crippen LogP contribution is -2.57. The smallest absolute Gasteiger partial charge is 0.280 e. The Morgan fingerprint density at radius 1 is 1.30 bits per heavy atom. The Kier molecular flexibility index (Phi) is 5.64. The van der Waals surface area contributed by atoms with Crippen molar-refractivity contribution in [3.05, 3.63) is 53.3 Å². The van der Waals surface area contributed by atoms with E-state index in [9.17, 15) is 13.2 Å². The number of amides is 1. The van der Waals surface area contributed by atoms with Gasteiger partial charge in [0.15, 0.2) is 0 Å². The van der Waals surface area contributed by atoms with Gasteiger partial charge in [-0.25, -0.2) is 0 Å².